The van der Waals surface area contributed by atoms with E-state index in [2.05, 4.69) is 5.32 Å². The summed E-state index contributed by atoms with van der Waals surface area (Å²) in [6, 6.07) is 7.03. The van der Waals surface area contributed by atoms with Gasteiger partial charge in [-0.2, -0.15) is 0 Å². The second kappa shape index (κ2) is 6.46. The molecular formula is C15H11F4NO2. The molecule has 0 bridgehead atoms. The summed E-state index contributed by atoms with van der Waals surface area (Å²) < 4.78 is 57.6. The van der Waals surface area contributed by atoms with E-state index in [4.69, 9.17) is 4.74 Å². The molecule has 0 atom stereocenters. The highest BCUT2D eigenvalue weighted by atomic mass is 19.2. The predicted molar refractivity (Wildman–Crippen MR) is 70.4 cm³/mol. The van der Waals surface area contributed by atoms with Crippen molar-refractivity contribution in [3.8, 4) is 5.75 Å². The minimum atomic E-state index is -2.03. The highest BCUT2D eigenvalue weighted by Gasteiger charge is 2.22. The average Bonchev–Trinajstić information content (AvgIpc) is 2.54. The van der Waals surface area contributed by atoms with E-state index >= 15 is 0 Å². The van der Waals surface area contributed by atoms with Gasteiger partial charge in [0.1, 0.15) is 5.75 Å². The zero-order chi connectivity index (χ0) is 16.3. The lowest BCUT2D eigenvalue weighted by Gasteiger charge is -2.10. The molecule has 0 saturated heterocycles. The number of para-hydroxylation sites is 1. The van der Waals surface area contributed by atoms with Gasteiger partial charge in [0.2, 0.25) is 0 Å². The summed E-state index contributed by atoms with van der Waals surface area (Å²) in [7, 11) is 1.44. The maximum atomic E-state index is 13.5. The van der Waals surface area contributed by atoms with Crippen LogP contribution in [-0.4, -0.2) is 13.0 Å². The number of halogens is 4. The first-order chi connectivity index (χ1) is 10.5. The van der Waals surface area contributed by atoms with Crippen LogP contribution < -0.4 is 10.1 Å². The summed E-state index contributed by atoms with van der Waals surface area (Å²) in [6.07, 6.45) is 0. The standard InChI is InChI=1S/C15H11F4NO2/c1-22-11-5-3-2-4-8(11)7-20-15(21)9-6-10(16)13(18)14(19)12(9)17/h2-6H,7H2,1H3,(H,20,21). The second-order valence-electron chi connectivity index (χ2n) is 4.34. The van der Waals surface area contributed by atoms with Gasteiger partial charge in [-0.25, -0.2) is 17.6 Å². The quantitative estimate of drug-likeness (QED) is 0.535. The van der Waals surface area contributed by atoms with E-state index in [0.717, 1.165) is 0 Å². The molecule has 1 N–H and O–H groups in total. The molecule has 2 rings (SSSR count). The summed E-state index contributed by atoms with van der Waals surface area (Å²) in [6.45, 7) is -0.0527. The molecule has 0 unspecified atom stereocenters. The van der Waals surface area contributed by atoms with E-state index in [1.807, 2.05) is 0 Å². The van der Waals surface area contributed by atoms with Crippen LogP contribution in [0.5, 0.6) is 5.75 Å². The number of hydrogen-bond acceptors (Lipinski definition) is 2. The fourth-order valence-electron chi connectivity index (χ4n) is 1.86. The predicted octanol–water partition coefficient (Wildman–Crippen LogP) is 3.18. The molecule has 1 amide bonds. The van der Waals surface area contributed by atoms with Crippen LogP contribution in [0.4, 0.5) is 17.6 Å². The first kappa shape index (κ1) is 15.8. The fourth-order valence-corrected chi connectivity index (χ4v) is 1.86. The molecule has 0 aliphatic heterocycles. The summed E-state index contributed by atoms with van der Waals surface area (Å²) in [5.74, 6) is -7.94. The molecule has 0 aromatic heterocycles. The summed E-state index contributed by atoms with van der Waals surface area (Å²) >= 11 is 0. The molecule has 2 aromatic carbocycles. The lowest BCUT2D eigenvalue weighted by molar-refractivity contribution is 0.0944. The van der Waals surface area contributed by atoms with Crippen LogP contribution in [0, 0.1) is 23.3 Å². The zero-order valence-electron chi connectivity index (χ0n) is 11.4. The summed E-state index contributed by atoms with van der Waals surface area (Å²) in [5.41, 5.74) is -0.326. The minimum absolute atomic E-state index is 0.0527. The molecule has 0 saturated carbocycles. The van der Waals surface area contributed by atoms with Gasteiger partial charge in [0.15, 0.2) is 23.3 Å². The number of nitrogens with one attached hydrogen (secondary N) is 1. The van der Waals surface area contributed by atoms with Crippen LogP contribution in [0.1, 0.15) is 15.9 Å². The van der Waals surface area contributed by atoms with Crippen molar-refractivity contribution in [2.24, 2.45) is 0 Å². The third kappa shape index (κ3) is 3.03. The lowest BCUT2D eigenvalue weighted by atomic mass is 10.1. The SMILES string of the molecule is COc1ccccc1CNC(=O)c1cc(F)c(F)c(F)c1F. The average molecular weight is 313 g/mol. The van der Waals surface area contributed by atoms with E-state index in [9.17, 15) is 22.4 Å². The Morgan fingerprint density at radius 3 is 2.45 bits per heavy atom. The number of carbonyl (C=O) groups is 1. The van der Waals surface area contributed by atoms with Gasteiger partial charge in [0.05, 0.1) is 12.7 Å². The third-order valence-electron chi connectivity index (χ3n) is 2.98. The minimum Gasteiger partial charge on any atom is -0.496 e. The Morgan fingerprint density at radius 1 is 1.09 bits per heavy atom. The van der Waals surface area contributed by atoms with Crippen LogP contribution in [0.3, 0.4) is 0 Å². The summed E-state index contributed by atoms with van der Waals surface area (Å²) in [5, 5.41) is 2.29. The van der Waals surface area contributed by atoms with Gasteiger partial charge in [0, 0.05) is 12.1 Å². The van der Waals surface area contributed by atoms with Crippen molar-refractivity contribution >= 4 is 5.91 Å². The maximum absolute atomic E-state index is 13.5. The first-order valence-corrected chi connectivity index (χ1v) is 6.18. The van der Waals surface area contributed by atoms with Gasteiger partial charge in [-0.15, -0.1) is 0 Å². The Labute approximate surface area is 123 Å². The van der Waals surface area contributed by atoms with Crippen LogP contribution in [-0.2, 0) is 6.54 Å². The van der Waals surface area contributed by atoms with Crippen molar-refractivity contribution < 1.29 is 27.1 Å². The molecular weight excluding hydrogens is 302 g/mol. The van der Waals surface area contributed by atoms with E-state index in [1.54, 1.807) is 24.3 Å². The Hall–Kier alpha value is -2.57. The van der Waals surface area contributed by atoms with Crippen LogP contribution in [0.15, 0.2) is 30.3 Å². The van der Waals surface area contributed by atoms with Crippen molar-refractivity contribution in [3.05, 3.63) is 64.7 Å². The molecule has 7 heteroatoms. The summed E-state index contributed by atoms with van der Waals surface area (Å²) in [4.78, 5) is 11.8. The Bertz CT molecular complexity index is 719. The second-order valence-corrected chi connectivity index (χ2v) is 4.34. The smallest absolute Gasteiger partial charge is 0.254 e. The molecule has 0 aliphatic rings. The van der Waals surface area contributed by atoms with Gasteiger partial charge in [-0.3, -0.25) is 4.79 Å². The van der Waals surface area contributed by atoms with Gasteiger partial charge in [0.25, 0.3) is 5.91 Å². The molecule has 0 spiro atoms. The van der Waals surface area contributed by atoms with Crippen LogP contribution >= 0.6 is 0 Å². The maximum Gasteiger partial charge on any atom is 0.254 e. The lowest BCUT2D eigenvalue weighted by Crippen LogP contribution is -2.25. The van der Waals surface area contributed by atoms with Gasteiger partial charge in [-0.1, -0.05) is 18.2 Å². The highest BCUT2D eigenvalue weighted by molar-refractivity contribution is 5.94. The number of ether oxygens (including phenoxy) is 1. The Morgan fingerprint density at radius 2 is 1.77 bits per heavy atom. The van der Waals surface area contributed by atoms with E-state index < -0.39 is 34.7 Å². The zero-order valence-corrected chi connectivity index (χ0v) is 11.4. The molecule has 116 valence electrons. The monoisotopic (exact) mass is 313 g/mol. The van der Waals surface area contributed by atoms with Gasteiger partial charge < -0.3 is 10.1 Å². The molecule has 0 heterocycles. The van der Waals surface area contributed by atoms with Crippen LogP contribution in [0.25, 0.3) is 0 Å². The molecule has 3 nitrogen and oxygen atoms in total. The normalized spacial score (nSPS) is 10.4. The number of amides is 1. The number of benzene rings is 2. The van der Waals surface area contributed by atoms with Crippen LogP contribution in [0.2, 0.25) is 0 Å². The highest BCUT2D eigenvalue weighted by Crippen LogP contribution is 2.20. The number of carbonyl (C=O) groups excluding carboxylic acids is 1. The van der Waals surface area contributed by atoms with Crippen molar-refractivity contribution in [1.29, 1.82) is 0 Å². The third-order valence-corrected chi connectivity index (χ3v) is 2.98. The van der Waals surface area contributed by atoms with Gasteiger partial charge in [-0.05, 0) is 12.1 Å². The van der Waals surface area contributed by atoms with Crippen molar-refractivity contribution in [1.82, 2.24) is 5.32 Å². The van der Waals surface area contributed by atoms with E-state index in [1.165, 1.54) is 7.11 Å². The van der Waals surface area contributed by atoms with Gasteiger partial charge >= 0.3 is 0 Å². The number of hydrogen-bond donors (Lipinski definition) is 1. The van der Waals surface area contributed by atoms with Crippen molar-refractivity contribution in [2.45, 2.75) is 6.54 Å². The molecule has 0 fully saturated rings. The number of rotatable bonds is 4. The fraction of sp³-hybridized carbons (Fsp3) is 0.133. The number of methoxy groups -OCH3 is 1. The Kier molecular flexibility index (Phi) is 4.65. The topological polar surface area (TPSA) is 38.3 Å². The van der Waals surface area contributed by atoms with Crippen molar-refractivity contribution in [2.75, 3.05) is 7.11 Å². The first-order valence-electron chi connectivity index (χ1n) is 6.18. The Balaban J connectivity index is 2.20. The molecule has 0 aliphatic carbocycles. The van der Waals surface area contributed by atoms with Crippen molar-refractivity contribution in [3.63, 3.8) is 0 Å². The largest absolute Gasteiger partial charge is 0.496 e. The molecule has 22 heavy (non-hydrogen) atoms. The van der Waals surface area contributed by atoms with E-state index in [-0.39, 0.29) is 6.54 Å². The molecule has 2 aromatic rings. The van der Waals surface area contributed by atoms with E-state index in [0.29, 0.717) is 17.4 Å². The molecule has 0 radical (unpaired) electrons.